The molecule has 9 heavy (non-hydrogen) atoms. The van der Waals surface area contributed by atoms with Gasteiger partial charge in [0.05, 0.1) is 6.61 Å². The van der Waals surface area contributed by atoms with E-state index in [1.807, 2.05) is 6.92 Å². The zero-order valence-corrected chi connectivity index (χ0v) is 5.22. The van der Waals surface area contributed by atoms with Crippen LogP contribution in [0.25, 0.3) is 0 Å². The highest BCUT2D eigenvalue weighted by molar-refractivity contribution is 5.87. The van der Waals surface area contributed by atoms with Gasteiger partial charge in [-0.05, 0) is 6.42 Å². The summed E-state index contributed by atoms with van der Waals surface area (Å²) in [6.07, 6.45) is 5.44. The Morgan fingerprint density at radius 1 is 1.78 bits per heavy atom. The molecule has 0 aromatic heterocycles. The standard InChI is InChI=1S/C6H8O3/c1-3-5-8-9-6(7)4-2/h2H,3,5H2,1H3. The minimum Gasteiger partial charge on any atom is -0.284 e. The molecule has 0 aliphatic carbocycles. The Morgan fingerprint density at radius 3 is 2.89 bits per heavy atom. The SMILES string of the molecule is C#CC(=O)OOCCC. The number of hydrogen-bond donors (Lipinski definition) is 0. The molecule has 0 saturated heterocycles. The molecule has 0 bridgehead atoms. The summed E-state index contributed by atoms with van der Waals surface area (Å²) in [5.74, 6) is 0.949. The Morgan fingerprint density at radius 2 is 2.44 bits per heavy atom. The average molecular weight is 128 g/mol. The molecule has 0 atom stereocenters. The fourth-order valence-corrected chi connectivity index (χ4v) is 0.203. The van der Waals surface area contributed by atoms with Crippen molar-refractivity contribution in [2.24, 2.45) is 0 Å². The molecule has 0 rings (SSSR count). The lowest BCUT2D eigenvalue weighted by molar-refractivity contribution is -0.266. The van der Waals surface area contributed by atoms with Gasteiger partial charge in [0.25, 0.3) is 0 Å². The summed E-state index contributed by atoms with van der Waals surface area (Å²) < 4.78 is 0. The van der Waals surface area contributed by atoms with Crippen molar-refractivity contribution >= 4 is 5.97 Å². The van der Waals surface area contributed by atoms with E-state index in [1.54, 1.807) is 5.92 Å². The van der Waals surface area contributed by atoms with Crippen molar-refractivity contribution in [2.75, 3.05) is 6.61 Å². The van der Waals surface area contributed by atoms with Gasteiger partial charge in [-0.3, -0.25) is 4.89 Å². The molecule has 0 heterocycles. The van der Waals surface area contributed by atoms with Crippen LogP contribution in [0.15, 0.2) is 0 Å². The molecule has 50 valence electrons. The number of carbonyl (C=O) groups excluding carboxylic acids is 1. The van der Waals surface area contributed by atoms with Gasteiger partial charge < -0.3 is 0 Å². The average Bonchev–Trinajstić information content (AvgIpc) is 1.89. The third kappa shape index (κ3) is 4.85. The number of rotatable bonds is 3. The van der Waals surface area contributed by atoms with E-state index in [1.165, 1.54) is 0 Å². The van der Waals surface area contributed by atoms with Crippen LogP contribution in [-0.2, 0) is 14.6 Å². The second-order valence-corrected chi connectivity index (χ2v) is 1.34. The summed E-state index contributed by atoms with van der Waals surface area (Å²) >= 11 is 0. The van der Waals surface area contributed by atoms with Crippen molar-refractivity contribution in [3.8, 4) is 12.3 Å². The normalized spacial score (nSPS) is 8.00. The van der Waals surface area contributed by atoms with Crippen LogP contribution in [0.3, 0.4) is 0 Å². The van der Waals surface area contributed by atoms with Crippen LogP contribution in [0.5, 0.6) is 0 Å². The van der Waals surface area contributed by atoms with Crippen LogP contribution in [0.2, 0.25) is 0 Å². The molecule has 0 aliphatic heterocycles. The van der Waals surface area contributed by atoms with Crippen molar-refractivity contribution in [2.45, 2.75) is 13.3 Å². The zero-order chi connectivity index (χ0) is 7.11. The molecule has 0 spiro atoms. The molecule has 0 fully saturated rings. The van der Waals surface area contributed by atoms with Crippen molar-refractivity contribution < 1.29 is 14.6 Å². The van der Waals surface area contributed by atoms with Gasteiger partial charge in [0.15, 0.2) is 0 Å². The fraction of sp³-hybridized carbons (Fsp3) is 0.500. The van der Waals surface area contributed by atoms with Gasteiger partial charge in [-0.15, -0.1) is 6.42 Å². The molecule has 0 aromatic carbocycles. The molecule has 0 amide bonds. The molecule has 0 saturated carbocycles. The highest BCUT2D eigenvalue weighted by atomic mass is 17.2. The summed E-state index contributed by atoms with van der Waals surface area (Å²) in [7, 11) is 0. The highest BCUT2D eigenvalue weighted by Crippen LogP contribution is 1.81. The third-order valence-electron chi connectivity index (χ3n) is 0.540. The lowest BCUT2D eigenvalue weighted by Gasteiger charge is -1.94. The first-order valence-corrected chi connectivity index (χ1v) is 2.61. The first-order valence-electron chi connectivity index (χ1n) is 2.61. The zero-order valence-electron chi connectivity index (χ0n) is 5.22. The molecule has 0 N–H and O–H groups in total. The van der Waals surface area contributed by atoms with Gasteiger partial charge in [-0.2, -0.15) is 4.89 Å². The number of hydrogen-bond acceptors (Lipinski definition) is 3. The first kappa shape index (κ1) is 7.99. The molecular weight excluding hydrogens is 120 g/mol. The van der Waals surface area contributed by atoms with Gasteiger partial charge >= 0.3 is 5.97 Å². The quantitative estimate of drug-likeness (QED) is 0.240. The van der Waals surface area contributed by atoms with Crippen molar-refractivity contribution in [3.05, 3.63) is 0 Å². The number of terminal acetylenes is 1. The molecule has 0 unspecified atom stereocenters. The topological polar surface area (TPSA) is 35.5 Å². The smallest absolute Gasteiger partial charge is 0.284 e. The minimum atomic E-state index is -0.788. The first-order chi connectivity index (χ1) is 4.31. The van der Waals surface area contributed by atoms with Crippen molar-refractivity contribution in [1.82, 2.24) is 0 Å². The summed E-state index contributed by atoms with van der Waals surface area (Å²) in [4.78, 5) is 18.5. The maximum Gasteiger partial charge on any atom is 0.416 e. The summed E-state index contributed by atoms with van der Waals surface area (Å²) in [6, 6.07) is 0. The Bertz CT molecular complexity index is 123. The largest absolute Gasteiger partial charge is 0.416 e. The van der Waals surface area contributed by atoms with Crippen LogP contribution >= 0.6 is 0 Å². The summed E-state index contributed by atoms with van der Waals surface area (Å²) in [5.41, 5.74) is 0. The van der Waals surface area contributed by atoms with Gasteiger partial charge in [-0.1, -0.05) is 6.92 Å². The summed E-state index contributed by atoms with van der Waals surface area (Å²) in [5, 5.41) is 0. The van der Waals surface area contributed by atoms with E-state index in [0.29, 0.717) is 6.61 Å². The second-order valence-electron chi connectivity index (χ2n) is 1.34. The lowest BCUT2D eigenvalue weighted by atomic mass is 10.5. The van der Waals surface area contributed by atoms with Crippen LogP contribution in [0.4, 0.5) is 0 Å². The summed E-state index contributed by atoms with van der Waals surface area (Å²) in [6.45, 7) is 2.27. The van der Waals surface area contributed by atoms with Gasteiger partial charge in [0.1, 0.15) is 0 Å². The van der Waals surface area contributed by atoms with E-state index in [-0.39, 0.29) is 0 Å². The maximum absolute atomic E-state index is 10.1. The van der Waals surface area contributed by atoms with Crippen LogP contribution in [0.1, 0.15) is 13.3 Å². The van der Waals surface area contributed by atoms with E-state index < -0.39 is 5.97 Å². The molecule has 3 heteroatoms. The molecule has 3 nitrogen and oxygen atoms in total. The van der Waals surface area contributed by atoms with Crippen LogP contribution in [-0.4, -0.2) is 12.6 Å². The molecule has 0 aromatic rings. The molecule has 0 radical (unpaired) electrons. The van der Waals surface area contributed by atoms with Gasteiger partial charge in [0.2, 0.25) is 0 Å². The predicted molar refractivity (Wildman–Crippen MR) is 31.2 cm³/mol. The lowest BCUT2D eigenvalue weighted by Crippen LogP contribution is -2.02. The van der Waals surface area contributed by atoms with E-state index in [0.717, 1.165) is 6.42 Å². The molecule has 0 aliphatic rings. The second kappa shape index (κ2) is 5.13. The van der Waals surface area contributed by atoms with Crippen LogP contribution in [0, 0.1) is 12.3 Å². The van der Waals surface area contributed by atoms with E-state index in [2.05, 4.69) is 16.2 Å². The predicted octanol–water partition coefficient (Wildman–Crippen LogP) is 0.504. The Kier molecular flexibility index (Phi) is 4.56. The van der Waals surface area contributed by atoms with Crippen molar-refractivity contribution in [1.29, 1.82) is 0 Å². The Balaban J connectivity index is 3.10. The van der Waals surface area contributed by atoms with E-state index in [4.69, 9.17) is 0 Å². The monoisotopic (exact) mass is 128 g/mol. The Hall–Kier alpha value is -1.01. The van der Waals surface area contributed by atoms with E-state index in [9.17, 15) is 4.79 Å². The maximum atomic E-state index is 10.1. The van der Waals surface area contributed by atoms with E-state index >= 15 is 0 Å². The number of carbonyl (C=O) groups is 1. The minimum absolute atomic E-state index is 0.382. The third-order valence-corrected chi connectivity index (χ3v) is 0.540. The van der Waals surface area contributed by atoms with Gasteiger partial charge in [-0.25, -0.2) is 4.79 Å². The van der Waals surface area contributed by atoms with Crippen molar-refractivity contribution in [3.63, 3.8) is 0 Å². The molecular formula is C6H8O3. The van der Waals surface area contributed by atoms with Gasteiger partial charge in [0, 0.05) is 5.92 Å². The Labute approximate surface area is 53.9 Å². The highest BCUT2D eigenvalue weighted by Gasteiger charge is 1.93. The fourth-order valence-electron chi connectivity index (χ4n) is 0.203. The van der Waals surface area contributed by atoms with Crippen LogP contribution < -0.4 is 0 Å².